The highest BCUT2D eigenvalue weighted by Crippen LogP contribution is 2.20. The van der Waals surface area contributed by atoms with Crippen molar-refractivity contribution >= 4 is 29.1 Å². The van der Waals surface area contributed by atoms with Crippen molar-refractivity contribution in [3.05, 3.63) is 45.5 Å². The Morgan fingerprint density at radius 2 is 2.08 bits per heavy atom. The number of piperidine rings is 1. The lowest BCUT2D eigenvalue weighted by atomic mass is 9.97. The van der Waals surface area contributed by atoms with Gasteiger partial charge >= 0.3 is 0 Å². The van der Waals surface area contributed by atoms with Crippen LogP contribution in [-0.4, -0.2) is 35.7 Å². The van der Waals surface area contributed by atoms with Crippen LogP contribution in [0, 0.1) is 19.8 Å². The summed E-state index contributed by atoms with van der Waals surface area (Å²) >= 11 is 1.39. The van der Waals surface area contributed by atoms with E-state index in [1.807, 2.05) is 11.4 Å². The Labute approximate surface area is 155 Å². The van der Waals surface area contributed by atoms with Gasteiger partial charge in [0.1, 0.15) is 11.5 Å². The van der Waals surface area contributed by atoms with Crippen molar-refractivity contribution in [1.82, 2.24) is 15.8 Å². The molecule has 8 heteroatoms. The van der Waals surface area contributed by atoms with E-state index in [4.69, 9.17) is 4.42 Å². The van der Waals surface area contributed by atoms with Crippen molar-refractivity contribution in [1.29, 1.82) is 0 Å². The van der Waals surface area contributed by atoms with Gasteiger partial charge < -0.3 is 9.32 Å². The summed E-state index contributed by atoms with van der Waals surface area (Å²) in [5.74, 6) is 0.0229. The van der Waals surface area contributed by atoms with Crippen molar-refractivity contribution < 1.29 is 18.8 Å². The predicted molar refractivity (Wildman–Crippen MR) is 96.7 cm³/mol. The summed E-state index contributed by atoms with van der Waals surface area (Å²) in [5.41, 5.74) is 5.28. The van der Waals surface area contributed by atoms with Gasteiger partial charge in [0, 0.05) is 13.1 Å². The summed E-state index contributed by atoms with van der Waals surface area (Å²) in [6, 6.07) is 5.24. The molecule has 2 N–H and O–H groups in total. The molecule has 0 spiro atoms. The van der Waals surface area contributed by atoms with Gasteiger partial charge in [-0.05, 0) is 44.2 Å². The molecule has 138 valence electrons. The number of carbonyl (C=O) groups is 3. The monoisotopic (exact) mass is 375 g/mol. The van der Waals surface area contributed by atoms with Crippen LogP contribution in [0.4, 0.5) is 0 Å². The van der Waals surface area contributed by atoms with Crippen LogP contribution in [0.5, 0.6) is 0 Å². The van der Waals surface area contributed by atoms with E-state index >= 15 is 0 Å². The van der Waals surface area contributed by atoms with E-state index < -0.39 is 5.91 Å². The first-order valence-corrected chi connectivity index (χ1v) is 9.33. The van der Waals surface area contributed by atoms with E-state index in [9.17, 15) is 14.4 Å². The Hall–Kier alpha value is -2.61. The fourth-order valence-corrected chi connectivity index (χ4v) is 3.77. The Morgan fingerprint density at radius 1 is 1.27 bits per heavy atom. The molecule has 0 radical (unpaired) electrons. The molecular formula is C18H21N3O4S. The van der Waals surface area contributed by atoms with Crippen LogP contribution in [0.25, 0.3) is 0 Å². The molecule has 1 aliphatic rings. The minimum atomic E-state index is -0.421. The van der Waals surface area contributed by atoms with Gasteiger partial charge in [0.15, 0.2) is 0 Å². The molecule has 0 aliphatic carbocycles. The van der Waals surface area contributed by atoms with Crippen LogP contribution in [0.3, 0.4) is 0 Å². The number of likely N-dealkylation sites (tertiary alicyclic amines) is 1. The molecule has 3 rings (SSSR count). The molecule has 0 aromatic carbocycles. The summed E-state index contributed by atoms with van der Waals surface area (Å²) in [7, 11) is 0. The standard InChI is InChI=1S/C18H21N3O4S/c1-11-9-14(12(2)25-11)17(23)20-19-16(22)13-5-3-7-21(10-13)18(24)15-6-4-8-26-15/h4,6,8-9,13H,3,5,7,10H2,1-2H3,(H,19,22)(H,20,23). The molecule has 7 nitrogen and oxygen atoms in total. The number of hydrazine groups is 1. The molecular weight excluding hydrogens is 354 g/mol. The molecule has 2 aromatic heterocycles. The lowest BCUT2D eigenvalue weighted by Crippen LogP contribution is -2.50. The molecule has 3 heterocycles. The normalized spacial score (nSPS) is 17.0. The summed E-state index contributed by atoms with van der Waals surface area (Å²) in [6.07, 6.45) is 1.43. The maximum absolute atomic E-state index is 12.4. The Morgan fingerprint density at radius 3 is 2.73 bits per heavy atom. The average molecular weight is 375 g/mol. The van der Waals surface area contributed by atoms with Crippen molar-refractivity contribution in [2.24, 2.45) is 5.92 Å². The second kappa shape index (κ2) is 7.74. The maximum Gasteiger partial charge on any atom is 0.273 e. The lowest BCUT2D eigenvalue weighted by molar-refractivity contribution is -0.127. The summed E-state index contributed by atoms with van der Waals surface area (Å²) in [4.78, 5) is 39.4. The van der Waals surface area contributed by atoms with Gasteiger partial charge in [-0.3, -0.25) is 25.2 Å². The molecule has 1 atom stereocenters. The van der Waals surface area contributed by atoms with Crippen LogP contribution in [-0.2, 0) is 4.79 Å². The molecule has 1 saturated heterocycles. The smallest absolute Gasteiger partial charge is 0.273 e. The molecule has 3 amide bonds. The van der Waals surface area contributed by atoms with Crippen LogP contribution < -0.4 is 10.9 Å². The maximum atomic E-state index is 12.4. The van der Waals surface area contributed by atoms with E-state index in [0.717, 1.165) is 6.42 Å². The number of nitrogens with one attached hydrogen (secondary N) is 2. The van der Waals surface area contributed by atoms with Crippen LogP contribution in [0.2, 0.25) is 0 Å². The highest BCUT2D eigenvalue weighted by molar-refractivity contribution is 7.12. The second-order valence-corrected chi connectivity index (χ2v) is 7.29. The number of furan rings is 1. The first kappa shape index (κ1) is 18.2. The third kappa shape index (κ3) is 3.96. The molecule has 26 heavy (non-hydrogen) atoms. The number of hydrogen-bond acceptors (Lipinski definition) is 5. The number of aryl methyl sites for hydroxylation is 2. The number of hydrogen-bond donors (Lipinski definition) is 2. The van der Waals surface area contributed by atoms with Crippen molar-refractivity contribution in [2.75, 3.05) is 13.1 Å². The first-order chi connectivity index (χ1) is 12.5. The second-order valence-electron chi connectivity index (χ2n) is 6.34. The van der Waals surface area contributed by atoms with Gasteiger partial charge in [-0.1, -0.05) is 6.07 Å². The SMILES string of the molecule is Cc1cc(C(=O)NNC(=O)C2CCCN(C(=O)c3cccs3)C2)c(C)o1. The Bertz CT molecular complexity index is 813. The van der Waals surface area contributed by atoms with Crippen molar-refractivity contribution in [3.63, 3.8) is 0 Å². The van der Waals surface area contributed by atoms with E-state index in [2.05, 4.69) is 10.9 Å². The van der Waals surface area contributed by atoms with Gasteiger partial charge in [-0.2, -0.15) is 0 Å². The third-order valence-electron chi connectivity index (χ3n) is 4.40. The van der Waals surface area contributed by atoms with Crippen LogP contribution >= 0.6 is 11.3 Å². The fraction of sp³-hybridized carbons (Fsp3) is 0.389. The minimum absolute atomic E-state index is 0.0500. The average Bonchev–Trinajstić information content (AvgIpc) is 3.28. The number of amides is 3. The lowest BCUT2D eigenvalue weighted by Gasteiger charge is -2.31. The third-order valence-corrected chi connectivity index (χ3v) is 5.25. The molecule has 1 unspecified atom stereocenters. The topological polar surface area (TPSA) is 91.7 Å². The van der Waals surface area contributed by atoms with Gasteiger partial charge in [0.25, 0.3) is 11.8 Å². The number of thiophene rings is 1. The van der Waals surface area contributed by atoms with Gasteiger partial charge in [0.2, 0.25) is 5.91 Å². The van der Waals surface area contributed by atoms with Crippen LogP contribution in [0.15, 0.2) is 28.0 Å². The molecule has 2 aromatic rings. The largest absolute Gasteiger partial charge is 0.466 e. The van der Waals surface area contributed by atoms with Crippen LogP contribution in [0.1, 0.15) is 44.4 Å². The number of nitrogens with zero attached hydrogens (tertiary/aromatic N) is 1. The zero-order valence-electron chi connectivity index (χ0n) is 14.7. The zero-order chi connectivity index (χ0) is 18.7. The summed E-state index contributed by atoms with van der Waals surface area (Å²) in [6.45, 7) is 4.44. The van der Waals surface area contributed by atoms with E-state index in [0.29, 0.717) is 41.5 Å². The van der Waals surface area contributed by atoms with Crippen molar-refractivity contribution in [2.45, 2.75) is 26.7 Å². The van der Waals surface area contributed by atoms with E-state index in [-0.39, 0.29) is 17.7 Å². The van der Waals surface area contributed by atoms with Gasteiger partial charge in [0.05, 0.1) is 16.4 Å². The quantitative estimate of drug-likeness (QED) is 0.805. The predicted octanol–water partition coefficient (Wildman–Crippen LogP) is 2.27. The number of rotatable bonds is 3. The molecule has 1 fully saturated rings. The van der Waals surface area contributed by atoms with E-state index in [1.165, 1.54) is 11.3 Å². The molecule has 0 saturated carbocycles. The number of carbonyl (C=O) groups excluding carboxylic acids is 3. The molecule has 0 bridgehead atoms. The first-order valence-electron chi connectivity index (χ1n) is 8.45. The zero-order valence-corrected chi connectivity index (χ0v) is 15.5. The Balaban J connectivity index is 1.55. The fourth-order valence-electron chi connectivity index (χ4n) is 3.08. The molecule has 1 aliphatic heterocycles. The minimum Gasteiger partial charge on any atom is -0.466 e. The van der Waals surface area contributed by atoms with Gasteiger partial charge in [-0.15, -0.1) is 11.3 Å². The van der Waals surface area contributed by atoms with Gasteiger partial charge in [-0.25, -0.2) is 0 Å². The van der Waals surface area contributed by atoms with Crippen molar-refractivity contribution in [3.8, 4) is 0 Å². The highest BCUT2D eigenvalue weighted by atomic mass is 32.1. The van der Waals surface area contributed by atoms with E-state index in [1.54, 1.807) is 30.9 Å². The summed E-state index contributed by atoms with van der Waals surface area (Å²) < 4.78 is 5.32. The highest BCUT2D eigenvalue weighted by Gasteiger charge is 2.29. The Kier molecular flexibility index (Phi) is 5.41. The summed E-state index contributed by atoms with van der Waals surface area (Å²) in [5, 5.41) is 1.86.